The Morgan fingerprint density at radius 3 is 2.70 bits per heavy atom. The summed E-state index contributed by atoms with van der Waals surface area (Å²) in [6.45, 7) is 6.53. The number of hydrogen-bond acceptors (Lipinski definition) is 4. The van der Waals surface area contributed by atoms with Crippen LogP contribution < -0.4 is 10.1 Å². The summed E-state index contributed by atoms with van der Waals surface area (Å²) < 4.78 is 5.51. The number of para-hydroxylation sites is 1. The highest BCUT2D eigenvalue weighted by molar-refractivity contribution is 6.02. The number of carbonyl (C=O) groups is 1. The van der Waals surface area contributed by atoms with Gasteiger partial charge in [0.25, 0.3) is 5.91 Å². The lowest BCUT2D eigenvalue weighted by Crippen LogP contribution is -2.31. The van der Waals surface area contributed by atoms with Crippen molar-refractivity contribution in [1.82, 2.24) is 5.32 Å². The first kappa shape index (κ1) is 16.0. The zero-order valence-corrected chi connectivity index (χ0v) is 12.2. The summed E-state index contributed by atoms with van der Waals surface area (Å²) in [5.41, 5.74) is 1.23. The van der Waals surface area contributed by atoms with Crippen LogP contribution in [-0.2, 0) is 4.79 Å². The number of ether oxygens (including phenoxy) is 1. The van der Waals surface area contributed by atoms with Crippen LogP contribution in [0.5, 0.6) is 5.75 Å². The molecule has 0 saturated carbocycles. The smallest absolute Gasteiger partial charge is 0.257 e. The minimum Gasteiger partial charge on any atom is -0.483 e. The van der Waals surface area contributed by atoms with E-state index >= 15 is 0 Å². The van der Waals surface area contributed by atoms with Crippen LogP contribution in [0.15, 0.2) is 29.4 Å². The summed E-state index contributed by atoms with van der Waals surface area (Å²) in [6, 6.07) is 7.21. The molecule has 110 valence electrons. The summed E-state index contributed by atoms with van der Waals surface area (Å²) in [4.78, 5) is 11.6. The molecule has 0 bridgehead atoms. The summed E-state index contributed by atoms with van der Waals surface area (Å²) in [6.07, 6.45) is 0.580. The van der Waals surface area contributed by atoms with Gasteiger partial charge in [-0.3, -0.25) is 4.79 Å². The van der Waals surface area contributed by atoms with Gasteiger partial charge in [-0.15, -0.1) is 0 Å². The highest BCUT2D eigenvalue weighted by atomic mass is 16.5. The van der Waals surface area contributed by atoms with Crippen LogP contribution in [0.25, 0.3) is 0 Å². The van der Waals surface area contributed by atoms with E-state index in [2.05, 4.69) is 10.5 Å². The Bertz CT molecular complexity index is 470. The molecule has 1 rings (SSSR count). The van der Waals surface area contributed by atoms with Gasteiger partial charge in [-0.05, 0) is 24.5 Å². The van der Waals surface area contributed by atoms with Gasteiger partial charge in [0.1, 0.15) is 5.75 Å². The van der Waals surface area contributed by atoms with Crippen molar-refractivity contribution in [3.05, 3.63) is 29.8 Å². The van der Waals surface area contributed by atoms with Crippen molar-refractivity contribution in [3.8, 4) is 5.75 Å². The zero-order chi connectivity index (χ0) is 15.0. The molecule has 0 radical (unpaired) electrons. The Morgan fingerprint density at radius 2 is 2.10 bits per heavy atom. The second kappa shape index (κ2) is 8.19. The number of nitrogens with one attached hydrogen (secondary N) is 1. The molecule has 0 heterocycles. The summed E-state index contributed by atoms with van der Waals surface area (Å²) >= 11 is 0. The van der Waals surface area contributed by atoms with Crippen LogP contribution in [0, 0.1) is 5.92 Å². The predicted octanol–water partition coefficient (Wildman–Crippen LogP) is 2.43. The number of oxime groups is 1. The van der Waals surface area contributed by atoms with E-state index in [4.69, 9.17) is 9.94 Å². The summed E-state index contributed by atoms with van der Waals surface area (Å²) in [7, 11) is 0. The first-order valence-electron chi connectivity index (χ1n) is 6.78. The molecule has 0 spiro atoms. The third kappa shape index (κ3) is 4.91. The Kier molecular flexibility index (Phi) is 6.56. The summed E-state index contributed by atoms with van der Waals surface area (Å²) in [5.74, 6) is 0.786. The van der Waals surface area contributed by atoms with Crippen LogP contribution in [0.2, 0.25) is 0 Å². The molecule has 0 unspecified atom stereocenters. The average Bonchev–Trinajstić information content (AvgIpc) is 2.45. The maximum atomic E-state index is 11.6. The molecule has 0 saturated heterocycles. The number of rotatable bonds is 7. The number of benzene rings is 1. The standard InChI is InChI=1S/C15H22N2O3/c1-4-13(17-19)12-7-5-6-8-14(12)20-10-15(18)16-9-11(2)3/h5-8,11,19H,4,9-10H2,1-3H3,(H,16,18)/b17-13+. The normalized spacial score (nSPS) is 11.5. The van der Waals surface area contributed by atoms with Crippen LogP contribution in [0.4, 0.5) is 0 Å². The van der Waals surface area contributed by atoms with Crippen molar-refractivity contribution in [3.63, 3.8) is 0 Å². The van der Waals surface area contributed by atoms with Crippen LogP contribution >= 0.6 is 0 Å². The number of amides is 1. The molecular weight excluding hydrogens is 256 g/mol. The largest absolute Gasteiger partial charge is 0.483 e. The minimum absolute atomic E-state index is 0.0494. The van der Waals surface area contributed by atoms with Gasteiger partial charge in [-0.1, -0.05) is 38.1 Å². The molecule has 1 amide bonds. The lowest BCUT2D eigenvalue weighted by Gasteiger charge is -2.12. The highest BCUT2D eigenvalue weighted by Crippen LogP contribution is 2.20. The fourth-order valence-corrected chi connectivity index (χ4v) is 1.66. The minimum atomic E-state index is -0.160. The summed E-state index contributed by atoms with van der Waals surface area (Å²) in [5, 5.41) is 15.0. The highest BCUT2D eigenvalue weighted by Gasteiger charge is 2.11. The van der Waals surface area contributed by atoms with Gasteiger partial charge in [0.15, 0.2) is 6.61 Å². The third-order valence-electron chi connectivity index (χ3n) is 2.72. The zero-order valence-electron chi connectivity index (χ0n) is 12.2. The number of hydrogen-bond donors (Lipinski definition) is 2. The van der Waals surface area contributed by atoms with Crippen molar-refractivity contribution in [2.75, 3.05) is 13.2 Å². The number of nitrogens with zero attached hydrogens (tertiary/aromatic N) is 1. The molecule has 0 aromatic heterocycles. The Hall–Kier alpha value is -2.04. The lowest BCUT2D eigenvalue weighted by molar-refractivity contribution is -0.123. The maximum Gasteiger partial charge on any atom is 0.257 e. The van der Waals surface area contributed by atoms with E-state index in [1.165, 1.54) is 0 Å². The molecule has 0 fully saturated rings. The quantitative estimate of drug-likeness (QED) is 0.457. The third-order valence-corrected chi connectivity index (χ3v) is 2.72. The Morgan fingerprint density at radius 1 is 1.40 bits per heavy atom. The van der Waals surface area contributed by atoms with Gasteiger partial charge in [-0.2, -0.15) is 0 Å². The SMILES string of the molecule is CC/C(=N\O)c1ccccc1OCC(=O)NCC(C)C. The van der Waals surface area contributed by atoms with E-state index in [-0.39, 0.29) is 12.5 Å². The van der Waals surface area contributed by atoms with Crippen molar-refractivity contribution in [2.45, 2.75) is 27.2 Å². The molecule has 0 aliphatic heterocycles. The van der Waals surface area contributed by atoms with Crippen molar-refractivity contribution < 1.29 is 14.7 Å². The first-order valence-corrected chi connectivity index (χ1v) is 6.78. The average molecular weight is 278 g/mol. The van der Waals surface area contributed by atoms with E-state index < -0.39 is 0 Å². The molecular formula is C15H22N2O3. The van der Waals surface area contributed by atoms with Gasteiger partial charge >= 0.3 is 0 Å². The van der Waals surface area contributed by atoms with E-state index in [1.807, 2.05) is 32.9 Å². The molecule has 0 atom stereocenters. The van der Waals surface area contributed by atoms with Gasteiger partial charge < -0.3 is 15.3 Å². The molecule has 5 nitrogen and oxygen atoms in total. The monoisotopic (exact) mass is 278 g/mol. The van der Waals surface area contributed by atoms with E-state index in [0.717, 1.165) is 0 Å². The van der Waals surface area contributed by atoms with Gasteiger partial charge in [0, 0.05) is 12.1 Å². The van der Waals surface area contributed by atoms with Crippen molar-refractivity contribution in [2.24, 2.45) is 11.1 Å². The molecule has 1 aromatic carbocycles. The van der Waals surface area contributed by atoms with Crippen LogP contribution in [-0.4, -0.2) is 30.0 Å². The van der Waals surface area contributed by atoms with Crippen LogP contribution in [0.3, 0.4) is 0 Å². The Labute approximate surface area is 119 Å². The second-order valence-corrected chi connectivity index (χ2v) is 4.88. The fraction of sp³-hybridized carbons (Fsp3) is 0.467. The maximum absolute atomic E-state index is 11.6. The van der Waals surface area contributed by atoms with Crippen molar-refractivity contribution >= 4 is 11.6 Å². The topological polar surface area (TPSA) is 70.9 Å². The first-order chi connectivity index (χ1) is 9.58. The van der Waals surface area contributed by atoms with E-state index in [0.29, 0.717) is 35.9 Å². The van der Waals surface area contributed by atoms with Crippen molar-refractivity contribution in [1.29, 1.82) is 0 Å². The van der Waals surface area contributed by atoms with Crippen LogP contribution in [0.1, 0.15) is 32.8 Å². The fourth-order valence-electron chi connectivity index (χ4n) is 1.66. The Balaban J connectivity index is 2.66. The predicted molar refractivity (Wildman–Crippen MR) is 78.4 cm³/mol. The molecule has 20 heavy (non-hydrogen) atoms. The number of carbonyl (C=O) groups excluding carboxylic acids is 1. The van der Waals surface area contributed by atoms with E-state index in [1.54, 1.807) is 12.1 Å². The lowest BCUT2D eigenvalue weighted by atomic mass is 10.1. The molecule has 2 N–H and O–H groups in total. The van der Waals surface area contributed by atoms with Gasteiger partial charge in [0.05, 0.1) is 5.71 Å². The second-order valence-electron chi connectivity index (χ2n) is 4.88. The van der Waals surface area contributed by atoms with Gasteiger partial charge in [-0.25, -0.2) is 0 Å². The molecule has 0 aliphatic rings. The molecule has 5 heteroatoms. The van der Waals surface area contributed by atoms with E-state index in [9.17, 15) is 4.79 Å². The molecule has 1 aromatic rings. The molecule has 0 aliphatic carbocycles. The van der Waals surface area contributed by atoms with Gasteiger partial charge in [0.2, 0.25) is 0 Å².